The van der Waals surface area contributed by atoms with Gasteiger partial charge in [0.1, 0.15) is 6.29 Å². The third-order valence-corrected chi connectivity index (χ3v) is 3.41. The molecule has 0 bridgehead atoms. The zero-order valence-corrected chi connectivity index (χ0v) is 12.4. The molecule has 0 fully saturated rings. The number of unbranched alkanes of at least 4 members (excludes halogenated alkanes) is 1. The van der Waals surface area contributed by atoms with Crippen molar-refractivity contribution in [2.75, 3.05) is 0 Å². The fraction of sp³-hybridized carbons (Fsp3) is 0.462. The van der Waals surface area contributed by atoms with Gasteiger partial charge in [0.15, 0.2) is 0 Å². The summed E-state index contributed by atoms with van der Waals surface area (Å²) >= 11 is 17.7. The minimum absolute atomic E-state index is 0.469. The lowest BCUT2D eigenvalue weighted by atomic mass is 10.1. The van der Waals surface area contributed by atoms with E-state index < -0.39 is 0 Å². The second kappa shape index (κ2) is 9.76. The molecule has 1 aromatic carbocycles. The molecule has 0 N–H and O–H groups in total. The predicted molar refractivity (Wildman–Crippen MR) is 76.4 cm³/mol. The lowest BCUT2D eigenvalue weighted by Gasteiger charge is -2.05. The van der Waals surface area contributed by atoms with Crippen LogP contribution in [-0.2, 0) is 11.2 Å². The molecule has 0 radical (unpaired) electrons. The van der Waals surface area contributed by atoms with E-state index in [9.17, 15) is 4.79 Å². The summed E-state index contributed by atoms with van der Waals surface area (Å²) in [5.41, 5.74) is 1.08. The van der Waals surface area contributed by atoms with Gasteiger partial charge in [-0.15, -0.1) is 0 Å². The lowest BCUT2D eigenvalue weighted by Crippen LogP contribution is -1.87. The number of hydrogen-bond donors (Lipinski definition) is 0. The van der Waals surface area contributed by atoms with Crippen LogP contribution in [0.4, 0.5) is 0 Å². The third-order valence-electron chi connectivity index (χ3n) is 2.08. The van der Waals surface area contributed by atoms with Gasteiger partial charge in [-0.2, -0.15) is 0 Å². The van der Waals surface area contributed by atoms with Crippen molar-refractivity contribution in [3.8, 4) is 0 Å². The van der Waals surface area contributed by atoms with E-state index in [1.54, 1.807) is 6.07 Å². The average Bonchev–Trinajstić information content (AvgIpc) is 2.35. The molecule has 96 valence electrons. The molecule has 1 nitrogen and oxygen atoms in total. The average molecular weight is 296 g/mol. The van der Waals surface area contributed by atoms with Crippen molar-refractivity contribution in [3.05, 3.63) is 32.8 Å². The van der Waals surface area contributed by atoms with Gasteiger partial charge in [-0.1, -0.05) is 61.1 Å². The van der Waals surface area contributed by atoms with Crippen LogP contribution in [0.3, 0.4) is 0 Å². The third kappa shape index (κ3) is 6.30. The summed E-state index contributed by atoms with van der Waals surface area (Å²) in [6, 6.07) is 3.73. The van der Waals surface area contributed by atoms with E-state index >= 15 is 0 Å². The second-order valence-electron chi connectivity index (χ2n) is 3.51. The van der Waals surface area contributed by atoms with Crippen molar-refractivity contribution in [2.24, 2.45) is 0 Å². The van der Waals surface area contributed by atoms with Crippen molar-refractivity contribution in [1.29, 1.82) is 0 Å². The van der Waals surface area contributed by atoms with Gasteiger partial charge in [0.25, 0.3) is 0 Å². The van der Waals surface area contributed by atoms with Crippen LogP contribution >= 0.6 is 34.8 Å². The zero-order chi connectivity index (χ0) is 13.3. The zero-order valence-electron chi connectivity index (χ0n) is 10.1. The van der Waals surface area contributed by atoms with Crippen molar-refractivity contribution in [2.45, 2.75) is 39.5 Å². The summed E-state index contributed by atoms with van der Waals surface area (Å²) in [5.74, 6) is 0. The fourth-order valence-corrected chi connectivity index (χ4v) is 1.78. The van der Waals surface area contributed by atoms with Crippen molar-refractivity contribution >= 4 is 41.1 Å². The first kappa shape index (κ1) is 16.8. The number of aryl methyl sites for hydroxylation is 1. The molecule has 0 spiro atoms. The Balaban J connectivity index is 0.000000557. The highest BCUT2D eigenvalue weighted by molar-refractivity contribution is 6.48. The van der Waals surface area contributed by atoms with E-state index in [1.807, 2.05) is 13.0 Å². The molecule has 1 aromatic rings. The molecular formula is C13H17Cl3O. The Hall–Kier alpha value is -0.240. The van der Waals surface area contributed by atoms with Crippen LogP contribution in [0.1, 0.15) is 38.7 Å². The quantitative estimate of drug-likeness (QED) is 0.523. The normalized spacial score (nSPS) is 9.47. The van der Waals surface area contributed by atoms with E-state index in [4.69, 9.17) is 34.8 Å². The molecule has 4 heteroatoms. The number of benzene rings is 1. The summed E-state index contributed by atoms with van der Waals surface area (Å²) in [4.78, 5) is 9.17. The monoisotopic (exact) mass is 294 g/mol. The van der Waals surface area contributed by atoms with E-state index in [0.29, 0.717) is 21.5 Å². The first-order valence-corrected chi connectivity index (χ1v) is 6.77. The summed E-state index contributed by atoms with van der Waals surface area (Å²) in [7, 11) is 0. The van der Waals surface area contributed by atoms with Gasteiger partial charge in [-0.3, -0.25) is 0 Å². The van der Waals surface area contributed by atoms with Crippen LogP contribution < -0.4 is 0 Å². The van der Waals surface area contributed by atoms with Crippen LogP contribution in [0.15, 0.2) is 12.1 Å². The summed E-state index contributed by atoms with van der Waals surface area (Å²) < 4.78 is 0. The predicted octanol–water partition coefficient (Wildman–Crippen LogP) is 5.58. The molecule has 0 aliphatic carbocycles. The topological polar surface area (TPSA) is 17.1 Å². The van der Waals surface area contributed by atoms with Crippen molar-refractivity contribution < 1.29 is 4.79 Å². The smallest absolute Gasteiger partial charge is 0.119 e. The SMILES string of the molecule is CCC=O.CCCCc1ccc(Cl)c(Cl)c1Cl. The van der Waals surface area contributed by atoms with Gasteiger partial charge in [0.05, 0.1) is 15.1 Å². The fourth-order valence-electron chi connectivity index (χ4n) is 1.13. The molecule has 17 heavy (non-hydrogen) atoms. The maximum atomic E-state index is 9.17. The largest absolute Gasteiger partial charge is 0.303 e. The summed E-state index contributed by atoms with van der Waals surface area (Å²) in [6.45, 7) is 3.96. The van der Waals surface area contributed by atoms with E-state index in [2.05, 4.69) is 6.92 Å². The van der Waals surface area contributed by atoms with Gasteiger partial charge in [0.2, 0.25) is 0 Å². The van der Waals surface area contributed by atoms with Gasteiger partial charge >= 0.3 is 0 Å². The highest BCUT2D eigenvalue weighted by atomic mass is 35.5. The Bertz CT molecular complexity index is 351. The number of hydrogen-bond acceptors (Lipinski definition) is 1. The molecule has 1 rings (SSSR count). The Labute approximate surface area is 118 Å². The highest BCUT2D eigenvalue weighted by Crippen LogP contribution is 2.33. The highest BCUT2D eigenvalue weighted by Gasteiger charge is 2.07. The van der Waals surface area contributed by atoms with Gasteiger partial charge in [-0.25, -0.2) is 0 Å². The Morgan fingerprint density at radius 1 is 1.12 bits per heavy atom. The molecule has 0 heterocycles. The maximum Gasteiger partial charge on any atom is 0.119 e. The second-order valence-corrected chi connectivity index (χ2v) is 4.68. The molecule has 0 aliphatic rings. The van der Waals surface area contributed by atoms with Crippen LogP contribution in [0.5, 0.6) is 0 Å². The van der Waals surface area contributed by atoms with Crippen molar-refractivity contribution in [3.63, 3.8) is 0 Å². The summed E-state index contributed by atoms with van der Waals surface area (Å²) in [6.07, 6.45) is 4.75. The Kier molecular flexibility index (Phi) is 9.62. The number of carbonyl (C=O) groups is 1. The van der Waals surface area contributed by atoms with Gasteiger partial charge < -0.3 is 4.79 Å². The molecule has 0 atom stereocenters. The number of halogens is 3. The molecule has 0 amide bonds. The standard InChI is InChI=1S/C10H11Cl3.C3H6O/c1-2-3-4-7-5-6-8(11)10(13)9(7)12;1-2-3-4/h5-6H,2-4H2,1H3;3H,2H2,1H3. The molecule has 0 unspecified atom stereocenters. The first-order chi connectivity index (χ1) is 8.08. The van der Waals surface area contributed by atoms with Crippen molar-refractivity contribution in [1.82, 2.24) is 0 Å². The number of carbonyl (C=O) groups excluding carboxylic acids is 1. The van der Waals surface area contributed by atoms with Crippen LogP contribution in [-0.4, -0.2) is 6.29 Å². The minimum Gasteiger partial charge on any atom is -0.303 e. The number of rotatable bonds is 4. The molecular weight excluding hydrogens is 279 g/mol. The van der Waals surface area contributed by atoms with Gasteiger partial charge in [-0.05, 0) is 24.5 Å². The molecule has 0 aromatic heterocycles. The summed E-state index contributed by atoms with van der Waals surface area (Å²) in [5, 5.41) is 1.59. The van der Waals surface area contributed by atoms with Crippen LogP contribution in [0.2, 0.25) is 15.1 Å². The van der Waals surface area contributed by atoms with Gasteiger partial charge in [0, 0.05) is 6.42 Å². The Morgan fingerprint density at radius 2 is 1.71 bits per heavy atom. The minimum atomic E-state index is 0.469. The molecule has 0 aliphatic heterocycles. The lowest BCUT2D eigenvalue weighted by molar-refractivity contribution is -0.107. The van der Waals surface area contributed by atoms with E-state index in [1.165, 1.54) is 0 Å². The first-order valence-electron chi connectivity index (χ1n) is 5.64. The van der Waals surface area contributed by atoms with Crippen LogP contribution in [0.25, 0.3) is 0 Å². The number of aldehydes is 1. The van der Waals surface area contributed by atoms with Crippen LogP contribution in [0, 0.1) is 0 Å². The Morgan fingerprint density at radius 3 is 2.18 bits per heavy atom. The maximum absolute atomic E-state index is 9.17. The van der Waals surface area contributed by atoms with E-state index in [-0.39, 0.29) is 0 Å². The molecule has 0 saturated heterocycles. The van der Waals surface area contributed by atoms with E-state index in [0.717, 1.165) is 31.1 Å². The molecule has 0 saturated carbocycles.